The molecule has 4 rings (SSSR count). The van der Waals surface area contributed by atoms with Gasteiger partial charge < -0.3 is 15.3 Å². The topological polar surface area (TPSA) is 89.4 Å². The molecule has 5 nitrogen and oxygen atoms in total. The van der Waals surface area contributed by atoms with Crippen molar-refractivity contribution in [3.63, 3.8) is 0 Å². The van der Waals surface area contributed by atoms with Crippen LogP contribution in [0.25, 0.3) is 11.1 Å². The van der Waals surface area contributed by atoms with Gasteiger partial charge in [-0.1, -0.05) is 62.5 Å². The van der Waals surface area contributed by atoms with Gasteiger partial charge in [0.2, 0.25) is 11.8 Å². The van der Waals surface area contributed by atoms with E-state index in [1.54, 1.807) is 6.08 Å². The van der Waals surface area contributed by atoms with Crippen molar-refractivity contribution >= 4 is 17.0 Å². The summed E-state index contributed by atoms with van der Waals surface area (Å²) in [5, 5.41) is 11.5. The highest BCUT2D eigenvalue weighted by Crippen LogP contribution is 2.39. The number of rotatable bonds is 8. The molecule has 0 saturated heterocycles. The van der Waals surface area contributed by atoms with Crippen LogP contribution in [0.15, 0.2) is 53.0 Å². The van der Waals surface area contributed by atoms with Crippen molar-refractivity contribution in [3.05, 3.63) is 54.5 Å². The molecule has 1 aromatic carbocycles. The van der Waals surface area contributed by atoms with E-state index in [2.05, 4.69) is 4.98 Å². The van der Waals surface area contributed by atoms with E-state index in [4.69, 9.17) is 10.2 Å². The molecule has 5 heteroatoms. The lowest BCUT2D eigenvalue weighted by Gasteiger charge is -2.31. The molecule has 3 N–H and O–H groups in total. The number of aliphatic hydroxyl groups is 1. The smallest absolute Gasteiger partial charge is 0.232 e. The van der Waals surface area contributed by atoms with Crippen LogP contribution in [-0.2, 0) is 10.4 Å². The molecule has 0 radical (unpaired) electrons. The molecular formula is C25H32N2O3. The van der Waals surface area contributed by atoms with Crippen LogP contribution in [0.2, 0.25) is 0 Å². The van der Waals surface area contributed by atoms with E-state index < -0.39 is 5.60 Å². The molecule has 1 heterocycles. The fraction of sp³-hybridized carbons (Fsp3) is 0.520. The summed E-state index contributed by atoms with van der Waals surface area (Å²) in [5.74, 6) is 0.430. The van der Waals surface area contributed by atoms with Gasteiger partial charge in [-0.05, 0) is 49.8 Å². The van der Waals surface area contributed by atoms with E-state index in [0.29, 0.717) is 24.3 Å². The first-order valence-corrected chi connectivity index (χ1v) is 11.3. The Morgan fingerprint density at radius 1 is 1.17 bits per heavy atom. The van der Waals surface area contributed by atoms with Gasteiger partial charge in [0, 0.05) is 11.8 Å². The Morgan fingerprint density at radius 2 is 1.93 bits per heavy atom. The van der Waals surface area contributed by atoms with Crippen LogP contribution in [0.1, 0.15) is 63.7 Å². The van der Waals surface area contributed by atoms with E-state index in [9.17, 15) is 9.90 Å². The molecule has 3 atom stereocenters. The Kier molecular flexibility index (Phi) is 6.38. The zero-order chi connectivity index (χ0) is 21.0. The number of hydrogen-bond donors (Lipinski definition) is 2. The lowest BCUT2D eigenvalue weighted by Crippen LogP contribution is -2.35. The third-order valence-corrected chi connectivity index (χ3v) is 6.88. The number of allylic oxidation sites excluding steroid dienone is 2. The van der Waals surface area contributed by atoms with Gasteiger partial charge in [-0.15, -0.1) is 0 Å². The van der Waals surface area contributed by atoms with Gasteiger partial charge in [-0.3, -0.25) is 4.79 Å². The number of oxazole rings is 1. The maximum absolute atomic E-state index is 12.1. The fourth-order valence-corrected chi connectivity index (χ4v) is 4.98. The van der Waals surface area contributed by atoms with Crippen LogP contribution in [0.3, 0.4) is 0 Å². The fourth-order valence-electron chi connectivity index (χ4n) is 4.98. The Balaban J connectivity index is 1.43. The minimum absolute atomic E-state index is 0.154. The largest absolute Gasteiger partial charge is 0.437 e. The number of amides is 1. The number of benzene rings is 1. The highest BCUT2D eigenvalue weighted by atomic mass is 16.4. The van der Waals surface area contributed by atoms with Crippen molar-refractivity contribution in [1.82, 2.24) is 4.98 Å². The van der Waals surface area contributed by atoms with Gasteiger partial charge in [0.15, 0.2) is 11.2 Å². The van der Waals surface area contributed by atoms with Crippen molar-refractivity contribution in [2.45, 2.75) is 63.4 Å². The lowest BCUT2D eigenvalue weighted by atomic mass is 9.78. The third-order valence-electron chi connectivity index (χ3n) is 6.88. The van der Waals surface area contributed by atoms with Gasteiger partial charge in [0.25, 0.3) is 0 Å². The predicted octanol–water partition coefficient (Wildman–Crippen LogP) is 5.00. The van der Waals surface area contributed by atoms with Crippen LogP contribution < -0.4 is 5.73 Å². The summed E-state index contributed by atoms with van der Waals surface area (Å²) >= 11 is 0. The first-order chi connectivity index (χ1) is 14.6. The van der Waals surface area contributed by atoms with Crippen LogP contribution >= 0.6 is 0 Å². The van der Waals surface area contributed by atoms with Crippen LogP contribution in [0.5, 0.6) is 0 Å². The van der Waals surface area contributed by atoms with Gasteiger partial charge in [0.05, 0.1) is 0 Å². The zero-order valence-corrected chi connectivity index (χ0v) is 17.5. The number of nitrogens with zero attached hydrogens (tertiary/aromatic N) is 1. The van der Waals surface area contributed by atoms with Crippen molar-refractivity contribution in [2.75, 3.05) is 0 Å². The molecular weight excluding hydrogens is 376 g/mol. The second-order valence-corrected chi connectivity index (χ2v) is 8.92. The molecule has 2 unspecified atom stereocenters. The van der Waals surface area contributed by atoms with Crippen LogP contribution in [-0.4, -0.2) is 16.0 Å². The Hall–Kier alpha value is -2.40. The molecule has 1 saturated carbocycles. The molecule has 1 amide bonds. The summed E-state index contributed by atoms with van der Waals surface area (Å²) in [6.45, 7) is 0. The number of primary amides is 1. The number of para-hydroxylation sites is 2. The number of hydrogen-bond acceptors (Lipinski definition) is 4. The molecule has 0 bridgehead atoms. The van der Waals surface area contributed by atoms with Crippen LogP contribution in [0.4, 0.5) is 0 Å². The standard InChI is InChI=1S/C25H32N2O3/c26-23(28)19(14-13-18-8-2-1-3-9-18)15-16-20-10-6-7-17-25(20,29)24-27-21-11-4-5-12-22(21)30-24/h4-7,10-12,17-20,29H,1-3,8-9,13-16H2,(H2,26,28)/t19?,20-,25?/m1/s1. The van der Waals surface area contributed by atoms with E-state index in [0.717, 1.165) is 24.3 Å². The summed E-state index contributed by atoms with van der Waals surface area (Å²) in [6, 6.07) is 7.51. The molecule has 160 valence electrons. The maximum Gasteiger partial charge on any atom is 0.232 e. The zero-order valence-electron chi connectivity index (χ0n) is 17.5. The average molecular weight is 409 g/mol. The molecule has 1 fully saturated rings. The van der Waals surface area contributed by atoms with Crippen molar-refractivity contribution in [1.29, 1.82) is 0 Å². The lowest BCUT2D eigenvalue weighted by molar-refractivity contribution is -0.122. The van der Waals surface area contributed by atoms with Crippen LogP contribution in [0, 0.1) is 17.8 Å². The number of aromatic nitrogens is 1. The molecule has 2 aromatic rings. The molecule has 2 aliphatic carbocycles. The molecule has 1 aromatic heterocycles. The summed E-state index contributed by atoms with van der Waals surface area (Å²) in [4.78, 5) is 16.6. The van der Waals surface area contributed by atoms with Gasteiger partial charge in [0.1, 0.15) is 5.52 Å². The van der Waals surface area contributed by atoms with Gasteiger partial charge in [-0.25, -0.2) is 4.98 Å². The highest BCUT2D eigenvalue weighted by molar-refractivity contribution is 5.76. The quantitative estimate of drug-likeness (QED) is 0.643. The monoisotopic (exact) mass is 408 g/mol. The van der Waals surface area contributed by atoms with Gasteiger partial charge in [-0.2, -0.15) is 0 Å². The third kappa shape index (κ3) is 4.51. The minimum atomic E-state index is -1.32. The Labute approximate surface area is 178 Å². The Morgan fingerprint density at radius 3 is 2.70 bits per heavy atom. The van der Waals surface area contributed by atoms with E-state index >= 15 is 0 Å². The van der Waals surface area contributed by atoms with Crippen molar-refractivity contribution < 1.29 is 14.3 Å². The molecule has 30 heavy (non-hydrogen) atoms. The number of carbonyl (C=O) groups is 1. The van der Waals surface area contributed by atoms with E-state index in [1.165, 1.54) is 32.1 Å². The van der Waals surface area contributed by atoms with Crippen molar-refractivity contribution in [3.8, 4) is 0 Å². The SMILES string of the molecule is NC(=O)C(CCC1CCCCC1)CC[C@H]1C=CC=CC1(O)c1nc2ccccc2o1. The Bertz CT molecular complexity index is 892. The predicted molar refractivity (Wildman–Crippen MR) is 117 cm³/mol. The van der Waals surface area contributed by atoms with E-state index in [1.807, 2.05) is 42.5 Å². The number of carbonyl (C=O) groups excluding carboxylic acids is 1. The normalized spacial score (nSPS) is 25.6. The first kappa shape index (κ1) is 20.9. The minimum Gasteiger partial charge on any atom is -0.437 e. The summed E-state index contributed by atoms with van der Waals surface area (Å²) < 4.78 is 5.88. The van der Waals surface area contributed by atoms with E-state index in [-0.39, 0.29) is 17.7 Å². The molecule has 2 aliphatic rings. The summed E-state index contributed by atoms with van der Waals surface area (Å²) in [6.07, 6.45) is 17.2. The molecule has 0 aliphatic heterocycles. The maximum atomic E-state index is 12.1. The highest BCUT2D eigenvalue weighted by Gasteiger charge is 2.40. The first-order valence-electron chi connectivity index (χ1n) is 11.3. The second-order valence-electron chi connectivity index (χ2n) is 8.92. The van der Waals surface area contributed by atoms with Gasteiger partial charge >= 0.3 is 0 Å². The number of fused-ring (bicyclic) bond motifs is 1. The second kappa shape index (κ2) is 9.17. The number of nitrogens with two attached hydrogens (primary N) is 1. The summed E-state index contributed by atoms with van der Waals surface area (Å²) in [7, 11) is 0. The summed E-state index contributed by atoms with van der Waals surface area (Å²) in [5.41, 5.74) is 5.80. The molecule has 0 spiro atoms. The average Bonchev–Trinajstić information content (AvgIpc) is 3.20. The van der Waals surface area contributed by atoms with Crippen molar-refractivity contribution in [2.24, 2.45) is 23.5 Å².